The molecular weight excluding hydrogens is 474 g/mol. The molecule has 0 atom stereocenters. The van der Waals surface area contributed by atoms with Crippen LogP contribution in [0.15, 0.2) is 53.3 Å². The predicted octanol–water partition coefficient (Wildman–Crippen LogP) is 2.16. The lowest BCUT2D eigenvalue weighted by atomic mass is 10.2. The minimum absolute atomic E-state index is 0.0233. The van der Waals surface area contributed by atoms with E-state index in [2.05, 4.69) is 24.9 Å². The molecule has 0 amide bonds. The second kappa shape index (κ2) is 10.1. The average molecular weight is 516 g/mol. The molecule has 1 fully saturated rings. The second-order valence-electron chi connectivity index (χ2n) is 7.65. The summed E-state index contributed by atoms with van der Waals surface area (Å²) in [5.41, 5.74) is 6.05. The Hall–Kier alpha value is -4.16. The summed E-state index contributed by atoms with van der Waals surface area (Å²) < 4.78 is 119. The molecular formula is C25H29N9O3. The van der Waals surface area contributed by atoms with E-state index in [1.54, 1.807) is 12.1 Å². The van der Waals surface area contributed by atoms with Crippen molar-refractivity contribution in [3.8, 4) is 17.3 Å². The number of benzene rings is 1. The molecule has 37 heavy (non-hydrogen) atoms. The summed E-state index contributed by atoms with van der Waals surface area (Å²) in [4.78, 5) is 10.1. The van der Waals surface area contributed by atoms with E-state index in [0.29, 0.717) is 15.3 Å². The summed E-state index contributed by atoms with van der Waals surface area (Å²) in [5.74, 6) is 0.130. The molecule has 1 saturated heterocycles. The van der Waals surface area contributed by atoms with Crippen molar-refractivity contribution in [3.63, 3.8) is 0 Å². The Kier molecular flexibility index (Phi) is 3.65. The number of aryl methyl sites for hydroxylation is 1. The van der Waals surface area contributed by atoms with Gasteiger partial charge in [0, 0.05) is 48.1 Å². The van der Waals surface area contributed by atoms with Crippen molar-refractivity contribution in [1.29, 1.82) is 0 Å². The lowest BCUT2D eigenvalue weighted by molar-refractivity contribution is 0.146. The van der Waals surface area contributed by atoms with Crippen LogP contribution in [-0.2, 0) is 11.2 Å². The molecule has 6 rings (SSSR count). The van der Waals surface area contributed by atoms with Gasteiger partial charge in [-0.15, -0.1) is 5.10 Å². The number of ether oxygens (including phenoxy) is 2. The Morgan fingerprint density at radius 2 is 1.92 bits per heavy atom. The van der Waals surface area contributed by atoms with Crippen LogP contribution < -0.4 is 15.4 Å². The predicted molar refractivity (Wildman–Crippen MR) is 139 cm³/mol. The van der Waals surface area contributed by atoms with Crippen LogP contribution in [0.3, 0.4) is 0 Å². The minimum Gasteiger partial charge on any atom is -0.491 e. The van der Waals surface area contributed by atoms with Gasteiger partial charge in [-0.2, -0.15) is 14.6 Å². The van der Waals surface area contributed by atoms with Crippen LogP contribution in [0.4, 0.5) is 11.6 Å². The van der Waals surface area contributed by atoms with Gasteiger partial charge in [-0.1, -0.05) is 0 Å². The maximum absolute atomic E-state index is 8.90. The maximum Gasteiger partial charge on any atom is 0.225 e. The molecule has 0 radical (unpaired) electrons. The van der Waals surface area contributed by atoms with E-state index in [-0.39, 0.29) is 39.9 Å². The van der Waals surface area contributed by atoms with Crippen LogP contribution in [0.1, 0.15) is 16.4 Å². The number of nitrogens with two attached hydrogens (primary N) is 1. The van der Waals surface area contributed by atoms with Crippen molar-refractivity contribution in [3.05, 3.63) is 48.9 Å². The molecule has 4 aromatic heterocycles. The summed E-state index contributed by atoms with van der Waals surface area (Å²) in [7, 11) is 0.973. The van der Waals surface area contributed by atoms with Gasteiger partial charge in [0.1, 0.15) is 12.3 Å². The zero-order valence-electron chi connectivity index (χ0n) is 31.4. The van der Waals surface area contributed by atoms with Crippen LogP contribution in [-0.4, -0.2) is 87.1 Å². The number of piperazine rings is 1. The Bertz CT molecular complexity index is 1980. The molecule has 12 heteroatoms. The third-order valence-electron chi connectivity index (χ3n) is 5.33. The van der Waals surface area contributed by atoms with E-state index in [4.69, 9.17) is 31.3 Å². The molecule has 5 heterocycles. The molecule has 0 aliphatic carbocycles. The maximum atomic E-state index is 8.90. The van der Waals surface area contributed by atoms with E-state index >= 15 is 0 Å². The van der Waals surface area contributed by atoms with E-state index in [1.807, 2.05) is 0 Å². The summed E-state index contributed by atoms with van der Waals surface area (Å²) >= 11 is 0. The Morgan fingerprint density at radius 1 is 1.08 bits per heavy atom. The highest BCUT2D eigenvalue weighted by atomic mass is 16.5. The van der Waals surface area contributed by atoms with E-state index in [0.717, 1.165) is 12.0 Å². The van der Waals surface area contributed by atoms with Crippen LogP contribution in [0.5, 0.6) is 5.75 Å². The highest BCUT2D eigenvalue weighted by Gasteiger charge is 2.20. The molecule has 12 nitrogen and oxygen atoms in total. The minimum atomic E-state index is -3.09. The van der Waals surface area contributed by atoms with Gasteiger partial charge in [-0.05, 0) is 36.4 Å². The van der Waals surface area contributed by atoms with Crippen LogP contribution in [0.25, 0.3) is 28.3 Å². The first-order valence-electron chi connectivity index (χ1n) is 17.0. The largest absolute Gasteiger partial charge is 0.491 e. The standard InChI is InChI=1S/C25H29N9O3/c1-35-15-16-36-19-6-4-18(5-7-19)32-11-8-31(9-12-32)10-13-33-23-20(17-27-33)24-28-22(21-3-2-14-37-21)30-34(24)25(26)29-23/h2-7,14,17H,8-13,15-16H2,1H3,(H2,26,29)/i10D2,11D2,12D2,13D2,15D2,16D2. The summed E-state index contributed by atoms with van der Waals surface area (Å²) in [6, 6.07) is 8.13. The zero-order chi connectivity index (χ0) is 35.9. The molecule has 1 aliphatic rings. The number of aromatic nitrogens is 6. The number of anilines is 2. The summed E-state index contributed by atoms with van der Waals surface area (Å²) in [5, 5.41) is 8.52. The third kappa shape index (κ3) is 4.68. The van der Waals surface area contributed by atoms with Gasteiger partial charge < -0.3 is 24.5 Å². The molecule has 0 bridgehead atoms. The van der Waals surface area contributed by atoms with Crippen LogP contribution in [0.2, 0.25) is 0 Å². The number of fused-ring (bicyclic) bond motifs is 3. The number of methoxy groups -OCH3 is 1. The van der Waals surface area contributed by atoms with E-state index < -0.39 is 52.2 Å². The smallest absolute Gasteiger partial charge is 0.225 e. The lowest BCUT2D eigenvalue weighted by Crippen LogP contribution is -2.47. The van der Waals surface area contributed by atoms with Gasteiger partial charge in [0.15, 0.2) is 17.1 Å². The Morgan fingerprint density at radius 3 is 2.68 bits per heavy atom. The van der Waals surface area contributed by atoms with Crippen molar-refractivity contribution >= 4 is 28.3 Å². The number of hydrogen-bond acceptors (Lipinski definition) is 10. The lowest BCUT2D eigenvalue weighted by Gasteiger charge is -2.36. The first-order valence-corrected chi connectivity index (χ1v) is 11.0. The number of furan rings is 1. The van der Waals surface area contributed by atoms with Crippen molar-refractivity contribution in [2.24, 2.45) is 0 Å². The molecule has 5 aromatic rings. The van der Waals surface area contributed by atoms with Crippen LogP contribution in [0, 0.1) is 0 Å². The Labute approximate surface area is 230 Å². The SMILES string of the molecule is [2H]C1([2H])CN(C([2H])([2H])C([2H])([2H])n2ncc3c2nc(N)n2nc(-c4ccco4)nc32)CC([2H])([2H])N1c1ccc(OC([2H])([2H])C([2H])([2H])OC)cc1. The monoisotopic (exact) mass is 515 g/mol. The topological polar surface area (TPSA) is 125 Å². The molecule has 1 aromatic carbocycles. The molecule has 2 N–H and O–H groups in total. The number of rotatable bonds is 9. The molecule has 0 unspecified atom stereocenters. The van der Waals surface area contributed by atoms with Crippen molar-refractivity contribution in [2.45, 2.75) is 6.50 Å². The Balaban J connectivity index is 1.29. The van der Waals surface area contributed by atoms with E-state index in [1.165, 1.54) is 41.2 Å². The quantitative estimate of drug-likeness (QED) is 0.312. The van der Waals surface area contributed by atoms with Gasteiger partial charge in [-0.3, -0.25) is 4.90 Å². The van der Waals surface area contributed by atoms with Crippen LogP contribution >= 0.6 is 0 Å². The van der Waals surface area contributed by atoms with E-state index in [9.17, 15) is 0 Å². The van der Waals surface area contributed by atoms with Gasteiger partial charge in [0.25, 0.3) is 0 Å². The van der Waals surface area contributed by atoms with Gasteiger partial charge in [-0.25, -0.2) is 9.67 Å². The first kappa shape index (κ1) is 13.4. The molecule has 192 valence electrons. The summed E-state index contributed by atoms with van der Waals surface area (Å²) in [6.07, 6.45) is 2.64. The number of nitrogens with zero attached hydrogens (tertiary/aromatic N) is 8. The van der Waals surface area contributed by atoms with Crippen molar-refractivity contribution < 1.29 is 30.3 Å². The molecule has 0 saturated carbocycles. The fourth-order valence-electron chi connectivity index (χ4n) is 3.59. The molecule has 0 spiro atoms. The van der Waals surface area contributed by atoms with Gasteiger partial charge >= 0.3 is 0 Å². The second-order valence-corrected chi connectivity index (χ2v) is 7.65. The number of hydrogen-bond donors (Lipinski definition) is 1. The summed E-state index contributed by atoms with van der Waals surface area (Å²) in [6.45, 7) is -18.7. The third-order valence-corrected chi connectivity index (χ3v) is 5.33. The van der Waals surface area contributed by atoms with Crippen molar-refractivity contribution in [2.75, 3.05) is 63.4 Å². The normalized spacial score (nSPS) is 23.8. The first-order chi connectivity index (χ1) is 22.6. The fraction of sp³-hybridized carbons (Fsp3) is 0.360. The number of nitrogen functional groups attached to an aromatic ring is 1. The van der Waals surface area contributed by atoms with Crippen molar-refractivity contribution in [1.82, 2.24) is 34.3 Å². The highest BCUT2D eigenvalue weighted by molar-refractivity contribution is 5.90. The highest BCUT2D eigenvalue weighted by Crippen LogP contribution is 2.24. The fourth-order valence-corrected chi connectivity index (χ4v) is 3.59. The zero-order valence-corrected chi connectivity index (χ0v) is 19.4. The van der Waals surface area contributed by atoms with Gasteiger partial charge in [0.05, 0.1) is 44.6 Å². The van der Waals surface area contributed by atoms with Gasteiger partial charge in [0.2, 0.25) is 11.8 Å². The molecule has 1 aliphatic heterocycles. The average Bonchev–Trinajstić information content (AvgIpc) is 3.76.